The van der Waals surface area contributed by atoms with Gasteiger partial charge < -0.3 is 4.74 Å². The Bertz CT molecular complexity index is 1120. The number of alkyl halides is 3. The van der Waals surface area contributed by atoms with Crippen LogP contribution in [-0.2, 0) is 12.8 Å². The standard InChI is InChI=1S/C22H15ClF3IN2O2/c23-18-7-2-1-4-16(18)13-31-20-9-8-14(10-19(20)27)12-28-29-21(30)15-5-3-6-17(11-15)22(24,25)26/h1-12H,13H2,(H,29,30)/b28-12-. The summed E-state index contributed by atoms with van der Waals surface area (Å²) in [7, 11) is 0. The molecular formula is C22H15ClF3IN2O2. The number of benzene rings is 3. The first-order chi connectivity index (χ1) is 14.7. The molecule has 0 atom stereocenters. The normalized spacial score (nSPS) is 11.5. The van der Waals surface area contributed by atoms with Gasteiger partial charge in [-0.15, -0.1) is 0 Å². The Morgan fingerprint density at radius 2 is 1.87 bits per heavy atom. The maximum Gasteiger partial charge on any atom is 0.416 e. The SMILES string of the molecule is O=C(N/N=C\c1ccc(OCc2ccccc2Cl)c(I)c1)c1cccc(C(F)(F)F)c1. The van der Waals surface area contributed by atoms with Crippen LogP contribution in [0.1, 0.15) is 27.0 Å². The zero-order chi connectivity index (χ0) is 22.4. The van der Waals surface area contributed by atoms with Crippen molar-refractivity contribution in [2.75, 3.05) is 0 Å². The average molecular weight is 559 g/mol. The third-order valence-corrected chi connectivity index (χ3v) is 5.34. The third kappa shape index (κ3) is 6.44. The van der Waals surface area contributed by atoms with Gasteiger partial charge in [-0.1, -0.05) is 35.9 Å². The van der Waals surface area contributed by atoms with E-state index in [1.165, 1.54) is 18.3 Å². The van der Waals surface area contributed by atoms with Crippen molar-refractivity contribution in [3.8, 4) is 5.75 Å². The van der Waals surface area contributed by atoms with Crippen molar-refractivity contribution >= 4 is 46.3 Å². The van der Waals surface area contributed by atoms with Crippen LogP contribution in [0.15, 0.2) is 71.8 Å². The fourth-order valence-electron chi connectivity index (χ4n) is 2.55. The van der Waals surface area contributed by atoms with Gasteiger partial charge in [0.2, 0.25) is 0 Å². The molecule has 0 radical (unpaired) electrons. The summed E-state index contributed by atoms with van der Waals surface area (Å²) in [5.74, 6) is -0.0811. The number of hydrogen-bond donors (Lipinski definition) is 1. The topological polar surface area (TPSA) is 50.7 Å². The highest BCUT2D eigenvalue weighted by molar-refractivity contribution is 14.1. The molecule has 0 bridgehead atoms. The number of nitrogens with one attached hydrogen (secondary N) is 1. The van der Waals surface area contributed by atoms with Gasteiger partial charge in [-0.2, -0.15) is 18.3 Å². The lowest BCUT2D eigenvalue weighted by Crippen LogP contribution is -2.18. The summed E-state index contributed by atoms with van der Waals surface area (Å²) in [4.78, 5) is 12.1. The number of halogens is 5. The van der Waals surface area contributed by atoms with E-state index in [1.54, 1.807) is 24.3 Å². The van der Waals surface area contributed by atoms with E-state index in [4.69, 9.17) is 16.3 Å². The summed E-state index contributed by atoms with van der Waals surface area (Å²) < 4.78 is 44.9. The lowest BCUT2D eigenvalue weighted by molar-refractivity contribution is -0.137. The van der Waals surface area contributed by atoms with Gasteiger partial charge in [0, 0.05) is 16.1 Å². The zero-order valence-electron chi connectivity index (χ0n) is 15.8. The molecule has 31 heavy (non-hydrogen) atoms. The van der Waals surface area contributed by atoms with Crippen molar-refractivity contribution in [1.82, 2.24) is 5.43 Å². The molecule has 4 nitrogen and oxygen atoms in total. The van der Waals surface area contributed by atoms with Crippen LogP contribution in [0.2, 0.25) is 5.02 Å². The number of ether oxygens (including phenoxy) is 1. The monoisotopic (exact) mass is 558 g/mol. The Morgan fingerprint density at radius 1 is 1.10 bits per heavy atom. The van der Waals surface area contributed by atoms with E-state index in [-0.39, 0.29) is 5.56 Å². The molecule has 1 N–H and O–H groups in total. The van der Waals surface area contributed by atoms with E-state index < -0.39 is 17.6 Å². The molecule has 9 heteroatoms. The molecule has 0 unspecified atom stereocenters. The van der Waals surface area contributed by atoms with Crippen LogP contribution in [0.3, 0.4) is 0 Å². The van der Waals surface area contributed by atoms with Crippen LogP contribution in [-0.4, -0.2) is 12.1 Å². The number of nitrogens with zero attached hydrogens (tertiary/aromatic N) is 1. The zero-order valence-corrected chi connectivity index (χ0v) is 18.7. The summed E-state index contributed by atoms with van der Waals surface area (Å²) >= 11 is 8.23. The van der Waals surface area contributed by atoms with Crippen molar-refractivity contribution in [2.24, 2.45) is 5.10 Å². The van der Waals surface area contributed by atoms with Gasteiger partial charge in [0.15, 0.2) is 0 Å². The van der Waals surface area contributed by atoms with E-state index in [2.05, 4.69) is 33.1 Å². The van der Waals surface area contributed by atoms with Crippen LogP contribution >= 0.6 is 34.2 Å². The molecule has 1 amide bonds. The first kappa shape index (κ1) is 23.1. The van der Waals surface area contributed by atoms with E-state index in [9.17, 15) is 18.0 Å². The number of hydrazone groups is 1. The Hall–Kier alpha value is -2.59. The first-order valence-electron chi connectivity index (χ1n) is 8.90. The Morgan fingerprint density at radius 3 is 2.58 bits per heavy atom. The van der Waals surface area contributed by atoms with Gasteiger partial charge in [-0.3, -0.25) is 4.79 Å². The van der Waals surface area contributed by atoms with Crippen LogP contribution in [0.5, 0.6) is 5.75 Å². The summed E-state index contributed by atoms with van der Waals surface area (Å²) in [6.45, 7) is 0.316. The number of hydrogen-bond acceptors (Lipinski definition) is 3. The molecule has 0 aromatic heterocycles. The maximum atomic E-state index is 12.8. The predicted octanol–water partition coefficient (Wildman–Crippen LogP) is 6.31. The lowest BCUT2D eigenvalue weighted by atomic mass is 10.1. The maximum absolute atomic E-state index is 12.8. The fraction of sp³-hybridized carbons (Fsp3) is 0.0909. The van der Waals surface area contributed by atoms with Crippen molar-refractivity contribution in [1.29, 1.82) is 0 Å². The predicted molar refractivity (Wildman–Crippen MR) is 121 cm³/mol. The number of amides is 1. The van der Waals surface area contributed by atoms with Crippen molar-refractivity contribution < 1.29 is 22.7 Å². The van der Waals surface area contributed by atoms with Gasteiger partial charge in [-0.05, 0) is 70.6 Å². The quantitative estimate of drug-likeness (QED) is 0.219. The van der Waals surface area contributed by atoms with Crippen LogP contribution in [0, 0.1) is 3.57 Å². The highest BCUT2D eigenvalue weighted by Gasteiger charge is 2.30. The molecule has 0 saturated heterocycles. The van der Waals surface area contributed by atoms with Crippen LogP contribution in [0.4, 0.5) is 13.2 Å². The molecule has 3 aromatic carbocycles. The largest absolute Gasteiger partial charge is 0.488 e. The summed E-state index contributed by atoms with van der Waals surface area (Å²) in [6, 6.07) is 16.8. The number of carbonyl (C=O) groups excluding carboxylic acids is 1. The van der Waals surface area contributed by atoms with Gasteiger partial charge in [0.25, 0.3) is 5.91 Å². The van der Waals surface area contributed by atoms with Crippen molar-refractivity contribution in [3.05, 3.63) is 97.6 Å². The van der Waals surface area contributed by atoms with Crippen molar-refractivity contribution in [3.63, 3.8) is 0 Å². The molecule has 160 valence electrons. The third-order valence-electron chi connectivity index (χ3n) is 4.13. The Balaban J connectivity index is 1.61. The molecule has 0 fully saturated rings. The molecule has 0 heterocycles. The average Bonchev–Trinajstić information content (AvgIpc) is 2.73. The number of rotatable bonds is 6. The second-order valence-electron chi connectivity index (χ2n) is 6.35. The first-order valence-corrected chi connectivity index (χ1v) is 10.4. The fourth-order valence-corrected chi connectivity index (χ4v) is 3.44. The lowest BCUT2D eigenvalue weighted by Gasteiger charge is -2.10. The van der Waals surface area contributed by atoms with E-state index in [1.807, 2.05) is 18.2 Å². The molecule has 0 aliphatic rings. The van der Waals surface area contributed by atoms with Crippen LogP contribution in [0.25, 0.3) is 0 Å². The highest BCUT2D eigenvalue weighted by atomic mass is 127. The Kier molecular flexibility index (Phi) is 7.55. The summed E-state index contributed by atoms with van der Waals surface area (Å²) in [5, 5.41) is 4.44. The van der Waals surface area contributed by atoms with Gasteiger partial charge >= 0.3 is 6.18 Å². The molecule has 3 rings (SSSR count). The molecule has 0 saturated carbocycles. The second-order valence-corrected chi connectivity index (χ2v) is 7.92. The smallest absolute Gasteiger partial charge is 0.416 e. The van der Waals surface area contributed by atoms with Gasteiger partial charge in [0.05, 0.1) is 15.3 Å². The highest BCUT2D eigenvalue weighted by Crippen LogP contribution is 2.29. The summed E-state index contributed by atoms with van der Waals surface area (Å²) in [6.07, 6.45) is -3.13. The molecule has 0 spiro atoms. The molecule has 0 aliphatic heterocycles. The van der Waals surface area contributed by atoms with Crippen LogP contribution < -0.4 is 10.2 Å². The van der Waals surface area contributed by atoms with E-state index >= 15 is 0 Å². The Labute approximate surface area is 195 Å². The molecule has 3 aromatic rings. The number of carbonyl (C=O) groups is 1. The summed E-state index contributed by atoms with van der Waals surface area (Å²) in [5.41, 5.74) is 2.74. The molecule has 0 aliphatic carbocycles. The minimum Gasteiger partial charge on any atom is -0.488 e. The van der Waals surface area contributed by atoms with E-state index in [0.717, 1.165) is 21.3 Å². The second kappa shape index (κ2) is 10.1. The van der Waals surface area contributed by atoms with E-state index in [0.29, 0.717) is 22.9 Å². The molecular weight excluding hydrogens is 544 g/mol. The minimum absolute atomic E-state index is 0.134. The minimum atomic E-state index is -4.52. The van der Waals surface area contributed by atoms with Gasteiger partial charge in [0.1, 0.15) is 12.4 Å². The van der Waals surface area contributed by atoms with Crippen molar-refractivity contribution in [2.45, 2.75) is 12.8 Å². The van der Waals surface area contributed by atoms with Gasteiger partial charge in [-0.25, -0.2) is 5.43 Å².